The van der Waals surface area contributed by atoms with E-state index in [0.29, 0.717) is 47.8 Å². The molecule has 0 saturated heterocycles. The Labute approximate surface area is 194 Å². The quantitative estimate of drug-likeness (QED) is 0.412. The van der Waals surface area contributed by atoms with Crippen molar-refractivity contribution < 1.29 is 9.53 Å². The summed E-state index contributed by atoms with van der Waals surface area (Å²) < 4.78 is 5.74. The molecule has 1 unspecified atom stereocenters. The second-order valence-corrected chi connectivity index (χ2v) is 9.02. The number of allylic oxidation sites excluding steroid dienone is 1. The average molecular weight is 466 g/mol. The normalized spacial score (nSPS) is 17.1. The summed E-state index contributed by atoms with van der Waals surface area (Å²) in [6, 6.07) is 13.8. The number of nitrogens with two attached hydrogens (primary N) is 1. The van der Waals surface area contributed by atoms with E-state index in [1.54, 1.807) is 0 Å². The minimum Gasteiger partial charge on any atom is -0.376 e. The lowest BCUT2D eigenvalue weighted by Gasteiger charge is -2.32. The van der Waals surface area contributed by atoms with Crippen molar-refractivity contribution in [2.75, 3.05) is 17.7 Å². The maximum atomic E-state index is 10.7. The molecule has 2 heterocycles. The van der Waals surface area contributed by atoms with E-state index in [-0.39, 0.29) is 11.9 Å². The summed E-state index contributed by atoms with van der Waals surface area (Å²) in [6.45, 7) is 1.26. The Hall–Kier alpha value is -2.94. The Morgan fingerprint density at radius 2 is 2.09 bits per heavy atom. The van der Waals surface area contributed by atoms with E-state index in [2.05, 4.69) is 27.4 Å². The molecule has 1 aliphatic carbocycles. The number of carbonyl (C=O) groups excluding carboxylic acids is 1. The van der Waals surface area contributed by atoms with Crippen molar-refractivity contribution in [1.82, 2.24) is 15.0 Å². The number of hydrogen-bond donors (Lipinski definition) is 2. The van der Waals surface area contributed by atoms with E-state index < -0.39 is 0 Å². The monoisotopic (exact) mass is 465 g/mol. The smallest absolute Gasteiger partial charge is 0.224 e. The summed E-state index contributed by atoms with van der Waals surface area (Å²) in [4.78, 5) is 24.1. The Kier molecular flexibility index (Phi) is 5.82. The molecule has 0 spiro atoms. The summed E-state index contributed by atoms with van der Waals surface area (Å²) in [6.07, 6.45) is 1.34. The fraction of sp³-hybridized carbons (Fsp3) is 0.217. The van der Waals surface area contributed by atoms with Crippen LogP contribution >= 0.6 is 23.4 Å². The van der Waals surface area contributed by atoms with Gasteiger partial charge in [0.1, 0.15) is 0 Å². The molecule has 1 aliphatic heterocycles. The van der Waals surface area contributed by atoms with E-state index in [1.165, 1.54) is 22.9 Å². The fourth-order valence-electron chi connectivity index (χ4n) is 4.22. The van der Waals surface area contributed by atoms with Crippen molar-refractivity contribution in [1.29, 1.82) is 0 Å². The second-order valence-electron chi connectivity index (χ2n) is 7.63. The van der Waals surface area contributed by atoms with Gasteiger partial charge in [-0.1, -0.05) is 53.7 Å². The highest BCUT2D eigenvalue weighted by molar-refractivity contribution is 7.98. The lowest BCUT2D eigenvalue weighted by molar-refractivity contribution is -0.105. The molecule has 3 aromatic rings. The second kappa shape index (κ2) is 8.90. The number of benzene rings is 2. The van der Waals surface area contributed by atoms with E-state index in [9.17, 15) is 4.79 Å². The molecule has 0 bridgehead atoms. The van der Waals surface area contributed by atoms with Gasteiger partial charge < -0.3 is 15.8 Å². The predicted octanol–water partition coefficient (Wildman–Crippen LogP) is 4.33. The SMILES string of the molecule is Nc1nc(SCc2cccc(NC=O)c2)nc(C2=C(Cl)CC3COCc4cccc2c43)n1. The lowest BCUT2D eigenvalue weighted by Crippen LogP contribution is -2.22. The van der Waals surface area contributed by atoms with Gasteiger partial charge in [-0.2, -0.15) is 9.97 Å². The van der Waals surface area contributed by atoms with Crippen LogP contribution in [0.3, 0.4) is 0 Å². The van der Waals surface area contributed by atoms with Gasteiger partial charge in [-0.15, -0.1) is 0 Å². The van der Waals surface area contributed by atoms with Gasteiger partial charge in [0.2, 0.25) is 12.4 Å². The Morgan fingerprint density at radius 3 is 2.97 bits per heavy atom. The molecule has 2 aliphatic rings. The van der Waals surface area contributed by atoms with E-state index in [4.69, 9.17) is 27.1 Å². The zero-order valence-corrected chi connectivity index (χ0v) is 18.6. The van der Waals surface area contributed by atoms with Crippen molar-refractivity contribution in [2.45, 2.75) is 29.9 Å². The van der Waals surface area contributed by atoms with Crippen LogP contribution in [0.25, 0.3) is 5.57 Å². The van der Waals surface area contributed by atoms with Gasteiger partial charge >= 0.3 is 0 Å². The van der Waals surface area contributed by atoms with E-state index in [1.807, 2.05) is 30.3 Å². The maximum Gasteiger partial charge on any atom is 0.224 e. The maximum absolute atomic E-state index is 10.7. The van der Waals surface area contributed by atoms with Crippen LogP contribution in [0.2, 0.25) is 0 Å². The molecule has 7 nitrogen and oxygen atoms in total. The standard InChI is InChI=1S/C23H20ClN5O2S/c24-18-8-15-10-31-9-14-4-2-6-17(19(14)15)20(18)21-27-22(25)29-23(28-21)32-11-13-3-1-5-16(7-13)26-12-30/h1-7,12,15H,8-11H2,(H,26,30)(H2,25,27,28,29). The van der Waals surface area contributed by atoms with E-state index in [0.717, 1.165) is 22.4 Å². The number of nitrogens with one attached hydrogen (secondary N) is 1. The lowest BCUT2D eigenvalue weighted by atomic mass is 9.79. The zero-order valence-electron chi connectivity index (χ0n) is 17.0. The Bertz CT molecular complexity index is 1230. The first kappa shape index (κ1) is 20.9. The van der Waals surface area contributed by atoms with Gasteiger partial charge in [-0.25, -0.2) is 4.98 Å². The Balaban J connectivity index is 1.46. The molecular formula is C23H20ClN5O2S. The van der Waals surface area contributed by atoms with Crippen molar-refractivity contribution in [3.8, 4) is 0 Å². The van der Waals surface area contributed by atoms with Gasteiger partial charge in [0, 0.05) is 28.0 Å². The first-order valence-electron chi connectivity index (χ1n) is 10.1. The number of amides is 1. The van der Waals surface area contributed by atoms with Crippen LogP contribution < -0.4 is 11.1 Å². The molecule has 0 fully saturated rings. The number of thioether (sulfide) groups is 1. The number of ether oxygens (including phenoxy) is 1. The molecule has 1 aromatic heterocycles. The van der Waals surface area contributed by atoms with Crippen LogP contribution in [0.5, 0.6) is 0 Å². The predicted molar refractivity (Wildman–Crippen MR) is 125 cm³/mol. The Morgan fingerprint density at radius 1 is 1.22 bits per heavy atom. The van der Waals surface area contributed by atoms with Gasteiger partial charge in [-0.05, 0) is 40.8 Å². The third-order valence-corrected chi connectivity index (χ3v) is 6.79. The number of anilines is 2. The summed E-state index contributed by atoms with van der Waals surface area (Å²) in [5, 5.41) is 3.89. The first-order chi connectivity index (χ1) is 15.6. The molecule has 0 radical (unpaired) electrons. The van der Waals surface area contributed by atoms with Crippen molar-refractivity contribution in [3.05, 3.63) is 75.6 Å². The van der Waals surface area contributed by atoms with Gasteiger partial charge in [0.15, 0.2) is 11.0 Å². The summed E-state index contributed by atoms with van der Waals surface area (Å²) in [5.74, 6) is 1.50. The van der Waals surface area contributed by atoms with Crippen LogP contribution in [0.4, 0.5) is 11.6 Å². The highest BCUT2D eigenvalue weighted by Crippen LogP contribution is 2.45. The van der Waals surface area contributed by atoms with Gasteiger partial charge in [0.05, 0.1) is 13.2 Å². The largest absolute Gasteiger partial charge is 0.376 e. The molecular weight excluding hydrogens is 446 g/mol. The topological polar surface area (TPSA) is 103 Å². The molecule has 9 heteroatoms. The summed E-state index contributed by atoms with van der Waals surface area (Å²) >= 11 is 8.21. The number of carbonyl (C=O) groups is 1. The number of nitrogens with zero attached hydrogens (tertiary/aromatic N) is 3. The minimum absolute atomic E-state index is 0.154. The summed E-state index contributed by atoms with van der Waals surface area (Å²) in [5.41, 5.74) is 12.1. The van der Waals surface area contributed by atoms with Crippen molar-refractivity contribution in [3.63, 3.8) is 0 Å². The number of nitrogen functional groups attached to an aromatic ring is 1. The third-order valence-electron chi connectivity index (χ3n) is 5.52. The molecule has 2 aromatic carbocycles. The third kappa shape index (κ3) is 4.09. The molecule has 0 saturated carbocycles. The number of rotatable bonds is 6. The highest BCUT2D eigenvalue weighted by Gasteiger charge is 2.32. The van der Waals surface area contributed by atoms with Crippen LogP contribution in [0.1, 0.15) is 40.4 Å². The van der Waals surface area contributed by atoms with Gasteiger partial charge in [0.25, 0.3) is 0 Å². The van der Waals surface area contributed by atoms with Crippen LogP contribution in [0.15, 0.2) is 52.7 Å². The molecule has 32 heavy (non-hydrogen) atoms. The van der Waals surface area contributed by atoms with Gasteiger partial charge in [-0.3, -0.25) is 4.79 Å². The average Bonchev–Trinajstić information content (AvgIpc) is 2.78. The number of halogens is 1. The van der Waals surface area contributed by atoms with Crippen molar-refractivity contribution in [2.24, 2.45) is 0 Å². The van der Waals surface area contributed by atoms with Crippen molar-refractivity contribution >= 4 is 47.0 Å². The minimum atomic E-state index is 0.154. The zero-order chi connectivity index (χ0) is 22.1. The van der Waals surface area contributed by atoms with Crippen LogP contribution in [0, 0.1) is 0 Å². The molecule has 1 atom stereocenters. The molecule has 162 valence electrons. The molecule has 3 N–H and O–H groups in total. The number of hydrogen-bond acceptors (Lipinski definition) is 7. The number of aromatic nitrogens is 3. The highest BCUT2D eigenvalue weighted by atomic mass is 35.5. The molecule has 1 amide bonds. The van der Waals surface area contributed by atoms with Crippen LogP contribution in [-0.4, -0.2) is 28.0 Å². The van der Waals surface area contributed by atoms with E-state index >= 15 is 0 Å². The first-order valence-corrected chi connectivity index (χ1v) is 11.5. The van der Waals surface area contributed by atoms with Crippen LogP contribution in [-0.2, 0) is 21.9 Å². The summed E-state index contributed by atoms with van der Waals surface area (Å²) in [7, 11) is 0. The molecule has 5 rings (SSSR count). The fourth-order valence-corrected chi connectivity index (χ4v) is 5.37.